The number of nitrogens with one attached hydrogen (secondary N) is 1. The molecule has 0 saturated carbocycles. The molecule has 0 spiro atoms. The van der Waals surface area contributed by atoms with E-state index < -0.39 is 5.82 Å². The SMILES string of the molecule is Cc1nn(Cc2ccccc2)c(C)c1CNC(=O)c1oc2c(F)cccc2c1C. The van der Waals surface area contributed by atoms with E-state index in [1.807, 2.05) is 36.7 Å². The van der Waals surface area contributed by atoms with Crippen molar-refractivity contribution in [2.45, 2.75) is 33.9 Å². The lowest BCUT2D eigenvalue weighted by Gasteiger charge is -2.07. The molecule has 0 fully saturated rings. The first-order valence-corrected chi connectivity index (χ1v) is 9.48. The normalized spacial score (nSPS) is 11.2. The smallest absolute Gasteiger partial charge is 0.287 e. The first-order valence-electron chi connectivity index (χ1n) is 9.48. The average molecular weight is 391 g/mol. The lowest BCUT2D eigenvalue weighted by molar-refractivity contribution is 0.0924. The summed E-state index contributed by atoms with van der Waals surface area (Å²) in [5.41, 5.74) is 4.73. The molecule has 6 heteroatoms. The molecule has 0 atom stereocenters. The number of rotatable bonds is 5. The van der Waals surface area contributed by atoms with Gasteiger partial charge in [-0.1, -0.05) is 42.5 Å². The van der Waals surface area contributed by atoms with Crippen LogP contribution in [-0.2, 0) is 13.1 Å². The number of benzene rings is 2. The van der Waals surface area contributed by atoms with Gasteiger partial charge in [0.25, 0.3) is 5.91 Å². The molecule has 5 nitrogen and oxygen atoms in total. The molecule has 0 radical (unpaired) electrons. The first-order chi connectivity index (χ1) is 14.0. The highest BCUT2D eigenvalue weighted by molar-refractivity contribution is 5.99. The predicted octanol–water partition coefficient (Wildman–Crippen LogP) is 4.67. The number of aryl methyl sites for hydroxylation is 2. The molecule has 0 saturated heterocycles. The number of para-hydroxylation sites is 1. The molecule has 1 N–H and O–H groups in total. The van der Waals surface area contributed by atoms with Gasteiger partial charge in [0.05, 0.1) is 12.2 Å². The number of aromatic nitrogens is 2. The molecule has 0 aliphatic heterocycles. The maximum absolute atomic E-state index is 13.9. The van der Waals surface area contributed by atoms with Crippen LogP contribution in [0.2, 0.25) is 0 Å². The van der Waals surface area contributed by atoms with Crippen LogP contribution in [0.4, 0.5) is 4.39 Å². The molecule has 148 valence electrons. The van der Waals surface area contributed by atoms with Crippen LogP contribution in [0.25, 0.3) is 11.0 Å². The fourth-order valence-electron chi connectivity index (χ4n) is 3.57. The maximum atomic E-state index is 13.9. The highest BCUT2D eigenvalue weighted by Crippen LogP contribution is 2.27. The summed E-state index contributed by atoms with van der Waals surface area (Å²) in [5, 5.41) is 8.11. The van der Waals surface area contributed by atoms with Crippen molar-refractivity contribution in [2.75, 3.05) is 0 Å². The lowest BCUT2D eigenvalue weighted by atomic mass is 10.1. The fraction of sp³-hybridized carbons (Fsp3) is 0.217. The third-order valence-corrected chi connectivity index (χ3v) is 5.25. The Morgan fingerprint density at radius 2 is 1.86 bits per heavy atom. The van der Waals surface area contributed by atoms with E-state index in [0.717, 1.165) is 22.5 Å². The van der Waals surface area contributed by atoms with Crippen LogP contribution in [-0.4, -0.2) is 15.7 Å². The Morgan fingerprint density at radius 1 is 1.10 bits per heavy atom. The molecule has 1 amide bonds. The maximum Gasteiger partial charge on any atom is 0.287 e. The van der Waals surface area contributed by atoms with Gasteiger partial charge in [-0.2, -0.15) is 5.10 Å². The molecule has 2 aromatic carbocycles. The summed E-state index contributed by atoms with van der Waals surface area (Å²) < 4.78 is 21.4. The number of carbonyl (C=O) groups is 1. The summed E-state index contributed by atoms with van der Waals surface area (Å²) in [6, 6.07) is 14.8. The molecule has 2 aromatic heterocycles. The van der Waals surface area contributed by atoms with Gasteiger partial charge in [0.15, 0.2) is 17.2 Å². The molecule has 4 rings (SSSR count). The number of fused-ring (bicyclic) bond motifs is 1. The second-order valence-electron chi connectivity index (χ2n) is 7.15. The van der Waals surface area contributed by atoms with Crippen molar-refractivity contribution in [1.29, 1.82) is 0 Å². The zero-order chi connectivity index (χ0) is 20.5. The summed E-state index contributed by atoms with van der Waals surface area (Å²) in [7, 11) is 0. The van der Waals surface area contributed by atoms with E-state index in [0.29, 0.717) is 24.0 Å². The zero-order valence-electron chi connectivity index (χ0n) is 16.6. The van der Waals surface area contributed by atoms with Crippen LogP contribution < -0.4 is 5.32 Å². The van der Waals surface area contributed by atoms with E-state index >= 15 is 0 Å². The molecule has 0 bridgehead atoms. The summed E-state index contributed by atoms with van der Waals surface area (Å²) >= 11 is 0. The van der Waals surface area contributed by atoms with Gasteiger partial charge in [-0.3, -0.25) is 9.48 Å². The number of nitrogens with zero attached hydrogens (tertiary/aromatic N) is 2. The van der Waals surface area contributed by atoms with Crippen molar-refractivity contribution >= 4 is 16.9 Å². The summed E-state index contributed by atoms with van der Waals surface area (Å²) in [6.07, 6.45) is 0. The second kappa shape index (κ2) is 7.54. The summed E-state index contributed by atoms with van der Waals surface area (Å²) in [4.78, 5) is 12.7. The number of hydrogen-bond donors (Lipinski definition) is 1. The van der Waals surface area contributed by atoms with Gasteiger partial charge in [0.1, 0.15) is 0 Å². The molecular formula is C23H22FN3O2. The standard InChI is InChI=1S/C23H22FN3O2/c1-14-18-10-7-11-20(24)22(18)29-21(14)23(28)25-12-19-15(2)26-27(16(19)3)13-17-8-5-4-6-9-17/h4-11H,12-13H2,1-3H3,(H,25,28). The Bertz CT molecular complexity index is 1190. The topological polar surface area (TPSA) is 60.1 Å². The summed E-state index contributed by atoms with van der Waals surface area (Å²) in [6.45, 7) is 6.67. The number of halogens is 1. The minimum absolute atomic E-state index is 0.109. The van der Waals surface area contributed by atoms with Crippen molar-refractivity contribution in [2.24, 2.45) is 0 Å². The predicted molar refractivity (Wildman–Crippen MR) is 109 cm³/mol. The average Bonchev–Trinajstić information content (AvgIpc) is 3.19. The van der Waals surface area contributed by atoms with Crippen LogP contribution in [0.5, 0.6) is 0 Å². The first kappa shape index (κ1) is 18.9. The van der Waals surface area contributed by atoms with E-state index in [4.69, 9.17) is 4.42 Å². The van der Waals surface area contributed by atoms with E-state index in [2.05, 4.69) is 22.5 Å². The molecule has 0 aliphatic carbocycles. The van der Waals surface area contributed by atoms with Gasteiger partial charge in [-0.05, 0) is 32.4 Å². The second-order valence-corrected chi connectivity index (χ2v) is 7.15. The molecule has 2 heterocycles. The largest absolute Gasteiger partial charge is 0.448 e. The van der Waals surface area contributed by atoms with Crippen molar-refractivity contribution in [3.8, 4) is 0 Å². The van der Waals surface area contributed by atoms with E-state index in [1.54, 1.807) is 19.1 Å². The van der Waals surface area contributed by atoms with E-state index in [9.17, 15) is 9.18 Å². The zero-order valence-corrected chi connectivity index (χ0v) is 16.6. The van der Waals surface area contributed by atoms with Gasteiger partial charge in [-0.15, -0.1) is 0 Å². The molecule has 4 aromatic rings. The minimum atomic E-state index is -0.474. The molecule has 0 aliphatic rings. The minimum Gasteiger partial charge on any atom is -0.448 e. The third kappa shape index (κ3) is 3.53. The van der Waals surface area contributed by atoms with Gasteiger partial charge in [-0.25, -0.2) is 4.39 Å². The van der Waals surface area contributed by atoms with Gasteiger partial charge in [0.2, 0.25) is 0 Å². The number of amides is 1. The third-order valence-electron chi connectivity index (χ3n) is 5.25. The Kier molecular flexibility index (Phi) is 4.92. The Hall–Kier alpha value is -3.41. The lowest BCUT2D eigenvalue weighted by Crippen LogP contribution is -2.23. The van der Waals surface area contributed by atoms with Crippen molar-refractivity contribution in [1.82, 2.24) is 15.1 Å². The van der Waals surface area contributed by atoms with Crippen molar-refractivity contribution in [3.63, 3.8) is 0 Å². The van der Waals surface area contributed by atoms with Gasteiger partial charge in [0, 0.05) is 28.8 Å². The van der Waals surface area contributed by atoms with Crippen LogP contribution >= 0.6 is 0 Å². The quantitative estimate of drug-likeness (QED) is 0.538. The van der Waals surface area contributed by atoms with E-state index in [-0.39, 0.29) is 17.3 Å². The van der Waals surface area contributed by atoms with Crippen LogP contribution in [0.1, 0.15) is 38.6 Å². The van der Waals surface area contributed by atoms with Crippen LogP contribution in [0.3, 0.4) is 0 Å². The monoisotopic (exact) mass is 391 g/mol. The Morgan fingerprint density at radius 3 is 2.59 bits per heavy atom. The highest BCUT2D eigenvalue weighted by Gasteiger charge is 2.20. The van der Waals surface area contributed by atoms with Gasteiger partial charge < -0.3 is 9.73 Å². The van der Waals surface area contributed by atoms with Crippen molar-refractivity contribution in [3.05, 3.63) is 88.2 Å². The van der Waals surface area contributed by atoms with Crippen LogP contribution in [0.15, 0.2) is 52.9 Å². The highest BCUT2D eigenvalue weighted by atomic mass is 19.1. The number of hydrogen-bond acceptors (Lipinski definition) is 3. The number of carbonyl (C=O) groups excluding carboxylic acids is 1. The van der Waals surface area contributed by atoms with Crippen molar-refractivity contribution < 1.29 is 13.6 Å². The van der Waals surface area contributed by atoms with Gasteiger partial charge >= 0.3 is 0 Å². The fourth-order valence-corrected chi connectivity index (χ4v) is 3.57. The molecule has 29 heavy (non-hydrogen) atoms. The Labute approximate surface area is 168 Å². The molecular weight excluding hydrogens is 369 g/mol. The summed E-state index contributed by atoms with van der Waals surface area (Å²) in [5.74, 6) is -0.705. The number of furan rings is 1. The molecule has 0 unspecified atom stereocenters. The van der Waals surface area contributed by atoms with Crippen LogP contribution in [0, 0.1) is 26.6 Å². The Balaban J connectivity index is 1.53. The van der Waals surface area contributed by atoms with E-state index in [1.165, 1.54) is 6.07 Å².